The smallest absolute Gasteiger partial charge is 0.321 e. The highest BCUT2D eigenvalue weighted by Gasteiger charge is 2.17. The van der Waals surface area contributed by atoms with Gasteiger partial charge in [0.1, 0.15) is 5.82 Å². The molecule has 0 saturated heterocycles. The van der Waals surface area contributed by atoms with Crippen molar-refractivity contribution in [1.29, 1.82) is 0 Å². The highest BCUT2D eigenvalue weighted by atomic mass is 16.2. The highest BCUT2D eigenvalue weighted by Crippen LogP contribution is 2.20. The van der Waals surface area contributed by atoms with Gasteiger partial charge in [-0.1, -0.05) is 44.2 Å². The average Bonchev–Trinajstić information content (AvgIpc) is 2.91. The molecule has 0 aliphatic carbocycles. The fourth-order valence-electron chi connectivity index (χ4n) is 2.36. The van der Waals surface area contributed by atoms with E-state index in [-0.39, 0.29) is 11.2 Å². The first kappa shape index (κ1) is 15.8. The predicted octanol–water partition coefficient (Wildman–Crippen LogP) is 1.66. The van der Waals surface area contributed by atoms with Crippen molar-refractivity contribution in [2.24, 2.45) is 21.1 Å². The van der Waals surface area contributed by atoms with Crippen molar-refractivity contribution in [3.63, 3.8) is 0 Å². The third kappa shape index (κ3) is 2.26. The molecule has 0 radical (unpaired) electrons. The number of aryl methyl sites for hydroxylation is 2. The second kappa shape index (κ2) is 6.01. The van der Waals surface area contributed by atoms with E-state index in [0.29, 0.717) is 17.0 Å². The molecule has 3 rings (SSSR count). The van der Waals surface area contributed by atoms with E-state index in [1.807, 2.05) is 44.2 Å². The Hall–Kier alpha value is -2.63. The Morgan fingerprint density at radius 2 is 1.45 bits per heavy atom. The fourth-order valence-corrected chi connectivity index (χ4v) is 2.36. The molecule has 0 aliphatic heterocycles. The highest BCUT2D eigenvalue weighted by molar-refractivity contribution is 5.76. The molecule has 1 aromatic carbocycles. The molecule has 6 nitrogen and oxygen atoms in total. The number of benzene rings is 1. The Bertz CT molecular complexity index is 917. The van der Waals surface area contributed by atoms with Crippen LogP contribution >= 0.6 is 0 Å². The summed E-state index contributed by atoms with van der Waals surface area (Å²) in [5.41, 5.74) is 1.02. The van der Waals surface area contributed by atoms with Gasteiger partial charge in [-0.05, 0) is 0 Å². The van der Waals surface area contributed by atoms with Crippen molar-refractivity contribution in [3.8, 4) is 11.4 Å². The number of hydrogen-bond donors (Lipinski definition) is 0. The second-order valence-electron chi connectivity index (χ2n) is 4.74. The molecule has 6 heteroatoms. The largest absolute Gasteiger partial charge is 0.332 e. The number of nitrogens with zero attached hydrogens (tertiary/aromatic N) is 4. The van der Waals surface area contributed by atoms with Crippen LogP contribution in [-0.2, 0) is 21.1 Å². The molecule has 0 unspecified atom stereocenters. The van der Waals surface area contributed by atoms with Crippen molar-refractivity contribution in [1.82, 2.24) is 18.7 Å². The van der Waals surface area contributed by atoms with Gasteiger partial charge in [0.25, 0.3) is 5.56 Å². The average molecular weight is 300 g/mol. The summed E-state index contributed by atoms with van der Waals surface area (Å²) in [6.45, 7) is 4.00. The zero-order valence-corrected chi connectivity index (χ0v) is 13.5. The molecule has 0 bridgehead atoms. The molecular formula is C16H20N4O2. The van der Waals surface area contributed by atoms with E-state index in [1.165, 1.54) is 11.6 Å². The Morgan fingerprint density at radius 3 is 2.05 bits per heavy atom. The zero-order valence-electron chi connectivity index (χ0n) is 13.5. The van der Waals surface area contributed by atoms with Crippen LogP contribution in [0.4, 0.5) is 0 Å². The van der Waals surface area contributed by atoms with Crippen LogP contribution in [-0.4, -0.2) is 18.7 Å². The minimum atomic E-state index is -0.375. The van der Waals surface area contributed by atoms with E-state index in [9.17, 15) is 9.59 Å². The number of fused-ring (bicyclic) bond motifs is 1. The van der Waals surface area contributed by atoms with Crippen LogP contribution in [0.15, 0.2) is 39.9 Å². The molecular weight excluding hydrogens is 280 g/mol. The van der Waals surface area contributed by atoms with Gasteiger partial charge in [-0.25, -0.2) is 9.78 Å². The van der Waals surface area contributed by atoms with E-state index in [1.54, 1.807) is 18.7 Å². The lowest BCUT2D eigenvalue weighted by molar-refractivity contribution is 0.705. The lowest BCUT2D eigenvalue weighted by atomic mass is 10.2. The molecule has 0 saturated carbocycles. The van der Waals surface area contributed by atoms with E-state index in [4.69, 9.17) is 0 Å². The molecule has 22 heavy (non-hydrogen) atoms. The molecule has 2 heterocycles. The Kier molecular flexibility index (Phi) is 4.30. The maximum Gasteiger partial charge on any atom is 0.332 e. The van der Waals surface area contributed by atoms with Gasteiger partial charge < -0.3 is 4.57 Å². The van der Waals surface area contributed by atoms with Crippen molar-refractivity contribution in [2.45, 2.75) is 13.8 Å². The third-order valence-corrected chi connectivity index (χ3v) is 3.51. The minimum absolute atomic E-state index is 0.333. The molecule has 0 N–H and O–H groups in total. The first-order chi connectivity index (χ1) is 10.5. The van der Waals surface area contributed by atoms with E-state index >= 15 is 0 Å². The summed E-state index contributed by atoms with van der Waals surface area (Å²) in [5, 5.41) is 0. The monoisotopic (exact) mass is 300 g/mol. The SMILES string of the molecule is CC.Cn1c(=O)c2c(nc(-c3ccccc3)n2C)n(C)c1=O. The second-order valence-corrected chi connectivity index (χ2v) is 4.74. The van der Waals surface area contributed by atoms with Gasteiger partial charge in [0.15, 0.2) is 11.2 Å². The first-order valence-corrected chi connectivity index (χ1v) is 7.20. The Labute approximate surface area is 128 Å². The summed E-state index contributed by atoms with van der Waals surface area (Å²) >= 11 is 0. The van der Waals surface area contributed by atoms with Crippen LogP contribution in [0.2, 0.25) is 0 Å². The first-order valence-electron chi connectivity index (χ1n) is 7.20. The lowest BCUT2D eigenvalue weighted by Gasteiger charge is -2.03. The topological polar surface area (TPSA) is 61.8 Å². The zero-order chi connectivity index (χ0) is 16.4. The number of imidazole rings is 1. The maximum absolute atomic E-state index is 12.3. The van der Waals surface area contributed by atoms with Gasteiger partial charge in [-0.3, -0.25) is 13.9 Å². The van der Waals surface area contributed by atoms with Crippen LogP contribution in [0.3, 0.4) is 0 Å². The third-order valence-electron chi connectivity index (χ3n) is 3.51. The van der Waals surface area contributed by atoms with Crippen molar-refractivity contribution in [2.75, 3.05) is 0 Å². The summed E-state index contributed by atoms with van der Waals surface area (Å²) in [5.74, 6) is 0.666. The summed E-state index contributed by atoms with van der Waals surface area (Å²) in [6.07, 6.45) is 0. The summed E-state index contributed by atoms with van der Waals surface area (Å²) < 4.78 is 4.22. The van der Waals surface area contributed by atoms with E-state index in [2.05, 4.69) is 4.98 Å². The molecule has 0 amide bonds. The number of aromatic nitrogens is 4. The van der Waals surface area contributed by atoms with Crippen LogP contribution in [0.5, 0.6) is 0 Å². The van der Waals surface area contributed by atoms with Crippen LogP contribution < -0.4 is 11.2 Å². The number of rotatable bonds is 1. The summed E-state index contributed by atoms with van der Waals surface area (Å²) in [6, 6.07) is 9.58. The van der Waals surface area contributed by atoms with Gasteiger partial charge in [0, 0.05) is 26.7 Å². The quantitative estimate of drug-likeness (QED) is 0.686. The van der Waals surface area contributed by atoms with E-state index < -0.39 is 0 Å². The maximum atomic E-state index is 12.3. The normalized spacial score (nSPS) is 10.4. The van der Waals surface area contributed by atoms with Crippen LogP contribution in [0, 0.1) is 0 Å². The van der Waals surface area contributed by atoms with Gasteiger partial charge in [0.05, 0.1) is 0 Å². The van der Waals surface area contributed by atoms with Crippen LogP contribution in [0.25, 0.3) is 22.6 Å². The number of hydrogen-bond acceptors (Lipinski definition) is 3. The summed E-state index contributed by atoms with van der Waals surface area (Å²) in [4.78, 5) is 28.7. The predicted molar refractivity (Wildman–Crippen MR) is 88.0 cm³/mol. The van der Waals surface area contributed by atoms with Gasteiger partial charge in [-0.2, -0.15) is 0 Å². The molecule has 2 aromatic heterocycles. The van der Waals surface area contributed by atoms with Gasteiger partial charge in [0.2, 0.25) is 0 Å². The van der Waals surface area contributed by atoms with Gasteiger partial charge >= 0.3 is 5.69 Å². The minimum Gasteiger partial charge on any atom is -0.321 e. The fraction of sp³-hybridized carbons (Fsp3) is 0.312. The molecule has 116 valence electrons. The van der Waals surface area contributed by atoms with Crippen molar-refractivity contribution in [3.05, 3.63) is 51.2 Å². The molecule has 0 fully saturated rings. The van der Waals surface area contributed by atoms with Gasteiger partial charge in [-0.15, -0.1) is 0 Å². The summed E-state index contributed by atoms with van der Waals surface area (Å²) in [7, 11) is 4.87. The molecule has 3 aromatic rings. The van der Waals surface area contributed by atoms with E-state index in [0.717, 1.165) is 10.1 Å². The van der Waals surface area contributed by atoms with Crippen molar-refractivity contribution >= 4 is 11.2 Å². The lowest BCUT2D eigenvalue weighted by Crippen LogP contribution is -2.37. The Balaban J connectivity index is 0.000000847. The standard InChI is InChI=1S/C14H14N4O2.C2H6/c1-16-10-12(17(2)14(20)18(3)13(10)19)15-11(16)9-7-5-4-6-8-9;1-2/h4-8H,1-3H3;1-2H3. The van der Waals surface area contributed by atoms with Crippen LogP contribution in [0.1, 0.15) is 13.8 Å². The molecule has 0 aliphatic rings. The molecule has 0 spiro atoms. The Morgan fingerprint density at radius 1 is 0.864 bits per heavy atom. The van der Waals surface area contributed by atoms with Crippen molar-refractivity contribution < 1.29 is 0 Å². The molecule has 0 atom stereocenters.